The molecular weight excluding hydrogens is 423 g/mol. The van der Waals surface area contributed by atoms with Crippen LogP contribution >= 0.6 is 0 Å². The van der Waals surface area contributed by atoms with Crippen molar-refractivity contribution >= 4 is 35.3 Å². The van der Waals surface area contributed by atoms with Gasteiger partial charge in [-0.15, -0.1) is 0 Å². The Morgan fingerprint density at radius 1 is 0.548 bits per heavy atom. The van der Waals surface area contributed by atoms with Crippen LogP contribution in [-0.4, -0.2) is 71.9 Å². The number of carbonyl (C=O) groups excluding carboxylic acids is 3. The molecule has 0 saturated heterocycles. The van der Waals surface area contributed by atoms with Crippen molar-refractivity contribution in [2.45, 2.75) is 118 Å². The van der Waals surface area contributed by atoms with Crippen molar-refractivity contribution in [3.8, 4) is 0 Å². The standard InChI is InChI=1S/3C7H14O3.Al/c3*1-4-6(7(8)9)10-5(2)3;/h3*5-6H,4H2,1-3H3,(H,8,9);/q;;;+3/p-3. The zero-order valence-electron chi connectivity index (χ0n) is 20.3. The van der Waals surface area contributed by atoms with E-state index in [-0.39, 0.29) is 35.7 Å². The zero-order chi connectivity index (χ0) is 24.4. The summed E-state index contributed by atoms with van der Waals surface area (Å²) in [6.07, 6.45) is -1.03. The molecule has 0 spiro atoms. The maximum Gasteiger partial charge on any atom is 3.00 e. The van der Waals surface area contributed by atoms with E-state index in [9.17, 15) is 29.7 Å². The summed E-state index contributed by atoms with van der Waals surface area (Å²) in [6, 6.07) is 0. The molecule has 0 aromatic carbocycles. The van der Waals surface area contributed by atoms with Crippen molar-refractivity contribution < 1.29 is 43.9 Å². The first kappa shape index (κ1) is 37.2. The van der Waals surface area contributed by atoms with Crippen LogP contribution in [0.5, 0.6) is 0 Å². The maximum absolute atomic E-state index is 10.2. The van der Waals surface area contributed by atoms with E-state index < -0.39 is 36.2 Å². The summed E-state index contributed by atoms with van der Waals surface area (Å²) in [6.45, 7) is 16.0. The minimum absolute atomic E-state index is 0. The fraction of sp³-hybridized carbons (Fsp3) is 0.857. The second kappa shape index (κ2) is 22.0. The predicted octanol–water partition coefficient (Wildman–Crippen LogP) is -0.561. The van der Waals surface area contributed by atoms with Crippen LogP contribution in [-0.2, 0) is 28.6 Å². The molecular formula is C21H39AlO9. The Hall–Kier alpha value is -1.18. The molecule has 0 rings (SSSR count). The molecule has 3 atom stereocenters. The van der Waals surface area contributed by atoms with Gasteiger partial charge in [-0.2, -0.15) is 0 Å². The van der Waals surface area contributed by atoms with Crippen LogP contribution in [0.3, 0.4) is 0 Å². The van der Waals surface area contributed by atoms with Gasteiger partial charge in [0.05, 0.1) is 54.5 Å². The SMILES string of the molecule is CCC(OC(C)C)C(=O)[O-].CCC(OC(C)C)C(=O)[O-].CCC(OC(C)C)C(=O)[O-].[Al+3]. The minimum Gasteiger partial charge on any atom is -0.547 e. The van der Waals surface area contributed by atoms with Crippen molar-refractivity contribution in [2.75, 3.05) is 0 Å². The van der Waals surface area contributed by atoms with Gasteiger partial charge in [0.1, 0.15) is 0 Å². The molecule has 0 N–H and O–H groups in total. The molecule has 0 aliphatic carbocycles. The first-order chi connectivity index (χ1) is 13.7. The number of hydrogen-bond donors (Lipinski definition) is 0. The monoisotopic (exact) mass is 462 g/mol. The summed E-state index contributed by atoms with van der Waals surface area (Å²) in [5.41, 5.74) is 0. The molecule has 0 saturated carbocycles. The van der Waals surface area contributed by atoms with Crippen LogP contribution < -0.4 is 15.3 Å². The van der Waals surface area contributed by atoms with Gasteiger partial charge in [-0.1, -0.05) is 20.8 Å². The van der Waals surface area contributed by atoms with Crippen LogP contribution in [0.2, 0.25) is 0 Å². The van der Waals surface area contributed by atoms with Crippen LogP contribution in [0.1, 0.15) is 81.6 Å². The van der Waals surface area contributed by atoms with Crippen LogP contribution in [0.25, 0.3) is 0 Å². The third-order valence-corrected chi connectivity index (χ3v) is 3.21. The number of carboxylic acids is 3. The Balaban J connectivity index is -0.000000174. The van der Waals surface area contributed by atoms with Crippen LogP contribution in [0, 0.1) is 0 Å². The molecule has 0 amide bonds. The zero-order valence-corrected chi connectivity index (χ0v) is 21.5. The van der Waals surface area contributed by atoms with E-state index in [0.717, 1.165) is 0 Å². The average molecular weight is 463 g/mol. The number of carboxylic acid groups (broad SMARTS) is 3. The molecule has 0 radical (unpaired) electrons. The number of hydrogen-bond acceptors (Lipinski definition) is 9. The number of ether oxygens (including phenoxy) is 3. The van der Waals surface area contributed by atoms with Crippen molar-refractivity contribution in [2.24, 2.45) is 0 Å². The molecule has 0 bridgehead atoms. The van der Waals surface area contributed by atoms with E-state index >= 15 is 0 Å². The van der Waals surface area contributed by atoms with E-state index in [1.807, 2.05) is 0 Å². The molecule has 0 aliphatic rings. The van der Waals surface area contributed by atoms with Gasteiger partial charge in [-0.05, 0) is 60.8 Å². The fourth-order valence-electron chi connectivity index (χ4n) is 1.94. The molecule has 0 heterocycles. The van der Waals surface area contributed by atoms with Crippen LogP contribution in [0.15, 0.2) is 0 Å². The van der Waals surface area contributed by atoms with Gasteiger partial charge in [0.15, 0.2) is 0 Å². The first-order valence-electron chi connectivity index (χ1n) is 10.3. The quantitative estimate of drug-likeness (QED) is 0.348. The van der Waals surface area contributed by atoms with Gasteiger partial charge in [0.25, 0.3) is 0 Å². The molecule has 0 aliphatic heterocycles. The topological polar surface area (TPSA) is 148 Å². The van der Waals surface area contributed by atoms with E-state index in [2.05, 4.69) is 0 Å². The van der Waals surface area contributed by atoms with Crippen molar-refractivity contribution in [3.05, 3.63) is 0 Å². The summed E-state index contributed by atoms with van der Waals surface area (Å²) >= 11 is 0. The Kier molecular flexibility index (Phi) is 26.4. The van der Waals surface area contributed by atoms with Gasteiger partial charge in [0, 0.05) is 0 Å². The average Bonchev–Trinajstić information content (AvgIpc) is 2.61. The fourth-order valence-corrected chi connectivity index (χ4v) is 1.94. The number of aliphatic carboxylic acids is 3. The number of carbonyl (C=O) groups is 3. The molecule has 0 fully saturated rings. The Labute approximate surface area is 197 Å². The van der Waals surface area contributed by atoms with E-state index in [0.29, 0.717) is 19.3 Å². The van der Waals surface area contributed by atoms with Crippen molar-refractivity contribution in [1.82, 2.24) is 0 Å². The summed E-state index contributed by atoms with van der Waals surface area (Å²) in [7, 11) is 0. The number of rotatable bonds is 12. The molecule has 9 nitrogen and oxygen atoms in total. The smallest absolute Gasteiger partial charge is 0.547 e. The largest absolute Gasteiger partial charge is 3.00 e. The normalized spacial score (nSPS) is 13.2. The minimum atomic E-state index is -1.13. The van der Waals surface area contributed by atoms with E-state index in [1.54, 1.807) is 62.3 Å². The molecule has 0 aromatic heterocycles. The Bertz CT molecular complexity index is 401. The summed E-state index contributed by atoms with van der Waals surface area (Å²) in [5.74, 6) is -3.39. The first-order valence-corrected chi connectivity index (χ1v) is 10.3. The summed E-state index contributed by atoms with van der Waals surface area (Å²) < 4.78 is 15.0. The Morgan fingerprint density at radius 2 is 0.710 bits per heavy atom. The molecule has 180 valence electrons. The molecule has 0 aromatic rings. The van der Waals surface area contributed by atoms with Gasteiger partial charge in [0.2, 0.25) is 0 Å². The van der Waals surface area contributed by atoms with Gasteiger partial charge in [-0.3, -0.25) is 0 Å². The van der Waals surface area contributed by atoms with Crippen LogP contribution in [0.4, 0.5) is 0 Å². The van der Waals surface area contributed by atoms with Gasteiger partial charge >= 0.3 is 17.4 Å². The summed E-state index contributed by atoms with van der Waals surface area (Å²) in [5, 5.41) is 30.7. The van der Waals surface area contributed by atoms with Crippen molar-refractivity contribution in [3.63, 3.8) is 0 Å². The second-order valence-electron chi connectivity index (χ2n) is 7.20. The molecule has 10 heteroatoms. The maximum atomic E-state index is 10.2. The van der Waals surface area contributed by atoms with E-state index in [4.69, 9.17) is 14.2 Å². The van der Waals surface area contributed by atoms with Gasteiger partial charge in [-0.25, -0.2) is 0 Å². The van der Waals surface area contributed by atoms with Gasteiger partial charge < -0.3 is 43.9 Å². The Morgan fingerprint density at radius 3 is 0.742 bits per heavy atom. The second-order valence-corrected chi connectivity index (χ2v) is 7.20. The van der Waals surface area contributed by atoms with Crippen molar-refractivity contribution in [1.29, 1.82) is 0 Å². The van der Waals surface area contributed by atoms with E-state index in [1.165, 1.54) is 0 Å². The molecule has 3 unspecified atom stereocenters. The third-order valence-electron chi connectivity index (χ3n) is 3.21. The third kappa shape index (κ3) is 25.0. The molecule has 31 heavy (non-hydrogen) atoms. The summed E-state index contributed by atoms with van der Waals surface area (Å²) in [4.78, 5) is 30.7. The predicted molar refractivity (Wildman–Crippen MR) is 112 cm³/mol.